The maximum Gasteiger partial charge on any atom is 0.323 e. The summed E-state index contributed by atoms with van der Waals surface area (Å²) in [7, 11) is 1.70. The number of carbonyl (C=O) groups is 3. The minimum absolute atomic E-state index is 0.0847. The molecule has 1 aliphatic heterocycles. The summed E-state index contributed by atoms with van der Waals surface area (Å²) in [6, 6.07) is 6.73. The van der Waals surface area contributed by atoms with E-state index in [4.69, 9.17) is 5.73 Å². The Balaban J connectivity index is 1.63. The van der Waals surface area contributed by atoms with Gasteiger partial charge in [-0.2, -0.15) is 5.10 Å². The lowest BCUT2D eigenvalue weighted by atomic mass is 9.91. The number of nitrogens with two attached hydrogens (primary N) is 1. The van der Waals surface area contributed by atoms with Crippen LogP contribution in [0.5, 0.6) is 0 Å². The largest absolute Gasteiger partial charge is 0.350 e. The van der Waals surface area contributed by atoms with E-state index in [0.717, 1.165) is 31.4 Å². The van der Waals surface area contributed by atoms with E-state index >= 15 is 0 Å². The molecule has 0 bridgehead atoms. The third kappa shape index (κ3) is 6.15. The lowest BCUT2D eigenvalue weighted by Gasteiger charge is -2.43. The van der Waals surface area contributed by atoms with Gasteiger partial charge >= 0.3 is 6.03 Å². The molecule has 2 aliphatic rings. The molecule has 10 nitrogen and oxygen atoms in total. The second-order valence-corrected chi connectivity index (χ2v) is 11.3. The van der Waals surface area contributed by atoms with Gasteiger partial charge in [-0.15, -0.1) is 0 Å². The van der Waals surface area contributed by atoms with Crippen molar-refractivity contribution in [3.63, 3.8) is 0 Å². The van der Waals surface area contributed by atoms with E-state index in [0.29, 0.717) is 18.7 Å². The van der Waals surface area contributed by atoms with Crippen LogP contribution in [0.25, 0.3) is 0 Å². The number of aromatic nitrogens is 2. The zero-order valence-corrected chi connectivity index (χ0v) is 22.5. The lowest BCUT2D eigenvalue weighted by Crippen LogP contribution is -2.65. The van der Waals surface area contributed by atoms with Crippen molar-refractivity contribution in [2.75, 3.05) is 18.4 Å². The van der Waals surface area contributed by atoms with Crippen molar-refractivity contribution in [3.05, 3.63) is 47.5 Å². The number of nitrogens with one attached hydrogen (secondary N) is 2. The summed E-state index contributed by atoms with van der Waals surface area (Å²) >= 11 is 0. The van der Waals surface area contributed by atoms with Crippen molar-refractivity contribution in [2.24, 2.45) is 12.8 Å². The minimum atomic E-state index is -1.17. The Morgan fingerprint density at radius 2 is 1.74 bits per heavy atom. The summed E-state index contributed by atoms with van der Waals surface area (Å²) in [5.41, 5.74) is 7.11. The van der Waals surface area contributed by atoms with Crippen LogP contribution in [0.3, 0.4) is 0 Å². The van der Waals surface area contributed by atoms with Gasteiger partial charge in [-0.05, 0) is 56.4 Å². The Bertz CT molecular complexity index is 1180. The fraction of sp³-hybridized carbons (Fsp3) is 0.556. The highest BCUT2D eigenvalue weighted by Gasteiger charge is 2.42. The van der Waals surface area contributed by atoms with E-state index in [1.165, 1.54) is 32.7 Å². The summed E-state index contributed by atoms with van der Waals surface area (Å²) < 4.78 is 15.3. The number of halogens is 1. The summed E-state index contributed by atoms with van der Waals surface area (Å²) in [5, 5.41) is 10.2. The maximum absolute atomic E-state index is 13.8. The van der Waals surface area contributed by atoms with Gasteiger partial charge in [0.1, 0.15) is 11.5 Å². The highest BCUT2D eigenvalue weighted by atomic mass is 19.1. The number of carbonyl (C=O) groups excluding carboxylic acids is 3. The first kappa shape index (κ1) is 27.6. The molecule has 1 aromatic heterocycles. The van der Waals surface area contributed by atoms with E-state index in [2.05, 4.69) is 15.7 Å². The Kier molecular flexibility index (Phi) is 8.05. The van der Waals surface area contributed by atoms with E-state index < -0.39 is 23.9 Å². The number of nitrogens with zero attached hydrogens (tertiary/aromatic N) is 4. The molecule has 2 aromatic rings. The normalized spacial score (nSPS) is 22.2. The molecule has 4 rings (SSSR count). The Labute approximate surface area is 222 Å². The molecular weight excluding hydrogens is 489 g/mol. The first-order valence-corrected chi connectivity index (χ1v) is 13.2. The van der Waals surface area contributed by atoms with Gasteiger partial charge in [-0.3, -0.25) is 19.2 Å². The van der Waals surface area contributed by atoms with Gasteiger partial charge in [0.25, 0.3) is 11.8 Å². The number of hydrogen-bond acceptors (Lipinski definition) is 5. The summed E-state index contributed by atoms with van der Waals surface area (Å²) in [6.07, 6.45) is 2.38. The van der Waals surface area contributed by atoms with Crippen LogP contribution in [0, 0.1) is 5.82 Å². The second-order valence-electron chi connectivity index (χ2n) is 11.3. The molecule has 2 heterocycles. The molecule has 1 atom stereocenters. The molecule has 38 heavy (non-hydrogen) atoms. The Hall–Kier alpha value is -3.47. The van der Waals surface area contributed by atoms with Crippen LogP contribution in [0.2, 0.25) is 0 Å². The van der Waals surface area contributed by atoms with Gasteiger partial charge < -0.3 is 21.3 Å². The number of benzene rings is 1. The fourth-order valence-electron chi connectivity index (χ4n) is 5.01. The van der Waals surface area contributed by atoms with Crippen LogP contribution < -0.4 is 16.4 Å². The molecule has 1 unspecified atom stereocenters. The molecule has 206 valence electrons. The minimum Gasteiger partial charge on any atom is -0.350 e. The molecule has 4 amide bonds. The topological polar surface area (TPSA) is 126 Å². The molecule has 11 heteroatoms. The first-order valence-electron chi connectivity index (χ1n) is 13.2. The number of urea groups is 1. The molecule has 1 saturated heterocycles. The van der Waals surface area contributed by atoms with Crippen LogP contribution in [-0.2, 0) is 17.3 Å². The van der Waals surface area contributed by atoms with Crippen molar-refractivity contribution >= 4 is 23.5 Å². The fourth-order valence-corrected chi connectivity index (χ4v) is 5.01. The van der Waals surface area contributed by atoms with Gasteiger partial charge in [-0.25, -0.2) is 9.18 Å². The molecule has 1 saturated carbocycles. The van der Waals surface area contributed by atoms with Gasteiger partial charge in [0, 0.05) is 43.3 Å². The summed E-state index contributed by atoms with van der Waals surface area (Å²) in [4.78, 5) is 43.7. The highest BCUT2D eigenvalue weighted by molar-refractivity contribution is 5.99. The number of hydrogen-bond donors (Lipinski definition) is 3. The van der Waals surface area contributed by atoms with Crippen molar-refractivity contribution in [1.82, 2.24) is 24.9 Å². The van der Waals surface area contributed by atoms with E-state index in [-0.39, 0.29) is 35.6 Å². The third-order valence-electron chi connectivity index (χ3n) is 7.21. The van der Waals surface area contributed by atoms with Crippen LogP contribution in [0.1, 0.15) is 69.1 Å². The van der Waals surface area contributed by atoms with Crippen LogP contribution in [-0.4, -0.2) is 68.8 Å². The predicted octanol–water partition coefficient (Wildman–Crippen LogP) is 2.95. The van der Waals surface area contributed by atoms with E-state index in [9.17, 15) is 18.8 Å². The van der Waals surface area contributed by atoms with Crippen LogP contribution in [0.4, 0.5) is 14.9 Å². The SMILES string of the molecule is Cn1nc(C(C)(C)C)cc1C(=O)N1CCCN(C(=O)Nc2cccc(F)c2)C1C(=O)NC1CCC(N)CC1. The molecule has 1 aromatic carbocycles. The standard InChI is InChI=1S/C27H38FN7O3/c1-27(2,3)22-16-21(33(4)32-22)25(37)34-13-6-14-35(26(38)31-20-8-5-7-17(28)15-20)24(34)23(36)30-19-11-9-18(29)10-12-19/h5,7-8,15-16,18-19,24H,6,9-14,29H2,1-4H3,(H,30,36)(H,31,38). The molecule has 0 radical (unpaired) electrons. The van der Waals surface area contributed by atoms with E-state index in [1.54, 1.807) is 19.2 Å². The summed E-state index contributed by atoms with van der Waals surface area (Å²) in [6.45, 7) is 6.59. The maximum atomic E-state index is 13.8. The highest BCUT2D eigenvalue weighted by Crippen LogP contribution is 2.25. The van der Waals surface area contributed by atoms with Gasteiger partial charge in [0.2, 0.25) is 0 Å². The molecule has 0 spiro atoms. The third-order valence-corrected chi connectivity index (χ3v) is 7.21. The van der Waals surface area contributed by atoms with Gasteiger partial charge in [0.05, 0.1) is 5.69 Å². The molecule has 4 N–H and O–H groups in total. The average Bonchev–Trinajstić information content (AvgIpc) is 3.26. The Morgan fingerprint density at radius 3 is 2.37 bits per heavy atom. The number of rotatable bonds is 4. The van der Waals surface area contributed by atoms with Crippen LogP contribution in [0.15, 0.2) is 30.3 Å². The zero-order chi connectivity index (χ0) is 27.6. The second kappa shape index (κ2) is 11.1. The van der Waals surface area contributed by atoms with Crippen LogP contribution >= 0.6 is 0 Å². The van der Waals surface area contributed by atoms with Crippen molar-refractivity contribution in [3.8, 4) is 0 Å². The summed E-state index contributed by atoms with van der Waals surface area (Å²) in [5.74, 6) is -1.30. The predicted molar refractivity (Wildman–Crippen MR) is 142 cm³/mol. The van der Waals surface area contributed by atoms with Gasteiger partial charge in [-0.1, -0.05) is 26.8 Å². The van der Waals surface area contributed by atoms with Crippen molar-refractivity contribution in [2.45, 2.75) is 76.5 Å². The number of aryl methyl sites for hydroxylation is 1. The lowest BCUT2D eigenvalue weighted by molar-refractivity contribution is -0.133. The molecular formula is C27H38FN7O3. The zero-order valence-electron chi connectivity index (χ0n) is 22.5. The smallest absolute Gasteiger partial charge is 0.323 e. The van der Waals surface area contributed by atoms with Crippen molar-refractivity contribution in [1.29, 1.82) is 0 Å². The van der Waals surface area contributed by atoms with Gasteiger partial charge in [0.15, 0.2) is 6.17 Å². The number of amides is 4. The number of anilines is 1. The monoisotopic (exact) mass is 527 g/mol. The van der Waals surface area contributed by atoms with E-state index in [1.807, 2.05) is 20.8 Å². The Morgan fingerprint density at radius 1 is 1.05 bits per heavy atom. The quantitative estimate of drug-likeness (QED) is 0.564. The molecule has 1 aliphatic carbocycles. The average molecular weight is 528 g/mol. The van der Waals surface area contributed by atoms with Crippen molar-refractivity contribution < 1.29 is 18.8 Å². The molecule has 2 fully saturated rings. The first-order chi connectivity index (χ1) is 17.9.